The molecule has 0 saturated heterocycles. The van der Waals surface area contributed by atoms with E-state index in [-0.39, 0.29) is 6.04 Å². The molecule has 1 aromatic carbocycles. The highest BCUT2D eigenvalue weighted by molar-refractivity contribution is 5.46. The minimum atomic E-state index is 0.163. The summed E-state index contributed by atoms with van der Waals surface area (Å²) in [7, 11) is 5.80. The second-order valence-electron chi connectivity index (χ2n) is 4.89. The van der Waals surface area contributed by atoms with E-state index in [0.717, 1.165) is 13.0 Å². The van der Waals surface area contributed by atoms with Crippen molar-refractivity contribution in [3.8, 4) is 0 Å². The van der Waals surface area contributed by atoms with Crippen LogP contribution in [0, 0.1) is 5.92 Å². The van der Waals surface area contributed by atoms with Crippen molar-refractivity contribution >= 4 is 5.69 Å². The van der Waals surface area contributed by atoms with E-state index < -0.39 is 0 Å². The van der Waals surface area contributed by atoms with Crippen molar-refractivity contribution in [3.05, 3.63) is 29.8 Å². The van der Waals surface area contributed by atoms with E-state index in [1.807, 2.05) is 14.1 Å². The summed E-state index contributed by atoms with van der Waals surface area (Å²) in [6.07, 6.45) is 0.987. The highest BCUT2D eigenvalue weighted by atomic mass is 16.5. The summed E-state index contributed by atoms with van der Waals surface area (Å²) >= 11 is 0. The number of hydrazine groups is 1. The van der Waals surface area contributed by atoms with Crippen LogP contribution in [-0.2, 0) is 4.74 Å². The van der Waals surface area contributed by atoms with Crippen LogP contribution in [0.3, 0.4) is 0 Å². The highest BCUT2D eigenvalue weighted by Gasteiger charge is 2.17. The zero-order chi connectivity index (χ0) is 13.5. The zero-order valence-corrected chi connectivity index (χ0v) is 11.8. The summed E-state index contributed by atoms with van der Waals surface area (Å²) in [5.74, 6) is 6.10. The minimum absolute atomic E-state index is 0.163. The normalized spacial score (nSPS) is 14.3. The lowest BCUT2D eigenvalue weighted by Gasteiger charge is -2.24. The van der Waals surface area contributed by atoms with Gasteiger partial charge in [-0.05, 0) is 30.0 Å². The molecule has 0 aromatic heterocycles. The third kappa shape index (κ3) is 3.98. The van der Waals surface area contributed by atoms with Gasteiger partial charge in [0.1, 0.15) is 0 Å². The molecule has 0 aliphatic rings. The van der Waals surface area contributed by atoms with Gasteiger partial charge in [-0.25, -0.2) is 0 Å². The smallest absolute Gasteiger partial charge is 0.0486 e. The Balaban J connectivity index is 2.75. The Morgan fingerprint density at radius 2 is 1.89 bits per heavy atom. The lowest BCUT2D eigenvalue weighted by Crippen LogP contribution is -2.33. The summed E-state index contributed by atoms with van der Waals surface area (Å²) in [5, 5.41) is 0. The number of methoxy groups -OCH3 is 1. The predicted octanol–water partition coefficient (Wildman–Crippen LogP) is 1.93. The Labute approximate surface area is 110 Å². The number of nitrogens with one attached hydrogen (secondary N) is 1. The van der Waals surface area contributed by atoms with Crippen molar-refractivity contribution in [2.75, 3.05) is 32.7 Å². The zero-order valence-electron chi connectivity index (χ0n) is 11.8. The monoisotopic (exact) mass is 251 g/mol. The molecule has 1 aromatic rings. The fraction of sp³-hybridized carbons (Fsp3) is 0.571. The predicted molar refractivity (Wildman–Crippen MR) is 76.5 cm³/mol. The van der Waals surface area contributed by atoms with Crippen molar-refractivity contribution in [3.63, 3.8) is 0 Å². The molecule has 0 bridgehead atoms. The number of hydrogen-bond acceptors (Lipinski definition) is 4. The maximum atomic E-state index is 5.67. The molecule has 3 N–H and O–H groups in total. The number of ether oxygens (including phenoxy) is 1. The second-order valence-corrected chi connectivity index (χ2v) is 4.89. The van der Waals surface area contributed by atoms with Crippen LogP contribution < -0.4 is 16.2 Å². The maximum Gasteiger partial charge on any atom is 0.0486 e. The first kappa shape index (κ1) is 15.0. The molecule has 102 valence electrons. The summed E-state index contributed by atoms with van der Waals surface area (Å²) in [6, 6.07) is 8.65. The van der Waals surface area contributed by atoms with E-state index in [9.17, 15) is 0 Å². The topological polar surface area (TPSA) is 50.5 Å². The summed E-state index contributed by atoms with van der Waals surface area (Å²) < 4.78 is 5.12. The summed E-state index contributed by atoms with van der Waals surface area (Å²) in [4.78, 5) is 2.09. The van der Waals surface area contributed by atoms with E-state index in [4.69, 9.17) is 10.6 Å². The minimum Gasteiger partial charge on any atom is -0.385 e. The van der Waals surface area contributed by atoms with Gasteiger partial charge in [0.05, 0.1) is 0 Å². The fourth-order valence-corrected chi connectivity index (χ4v) is 2.04. The van der Waals surface area contributed by atoms with Gasteiger partial charge >= 0.3 is 0 Å². The summed E-state index contributed by atoms with van der Waals surface area (Å²) in [5.41, 5.74) is 5.31. The van der Waals surface area contributed by atoms with Gasteiger partial charge < -0.3 is 9.64 Å². The van der Waals surface area contributed by atoms with Crippen LogP contribution >= 0.6 is 0 Å². The van der Waals surface area contributed by atoms with Gasteiger partial charge in [-0.1, -0.05) is 19.1 Å². The highest BCUT2D eigenvalue weighted by Crippen LogP contribution is 2.25. The van der Waals surface area contributed by atoms with Crippen LogP contribution in [0.4, 0.5) is 5.69 Å². The molecule has 2 atom stereocenters. The van der Waals surface area contributed by atoms with Crippen molar-refractivity contribution in [2.45, 2.75) is 19.4 Å². The Kier molecular flexibility index (Phi) is 6.12. The molecule has 4 nitrogen and oxygen atoms in total. The van der Waals surface area contributed by atoms with Crippen LogP contribution in [0.15, 0.2) is 24.3 Å². The van der Waals surface area contributed by atoms with Crippen LogP contribution in [0.2, 0.25) is 0 Å². The largest absolute Gasteiger partial charge is 0.385 e. The molecule has 0 radical (unpaired) electrons. The molecule has 0 spiro atoms. The van der Waals surface area contributed by atoms with Gasteiger partial charge in [-0.15, -0.1) is 0 Å². The number of anilines is 1. The molecule has 2 unspecified atom stereocenters. The molecule has 0 aliphatic carbocycles. The third-order valence-corrected chi connectivity index (χ3v) is 3.29. The number of nitrogens with zero attached hydrogens (tertiary/aromatic N) is 1. The number of benzene rings is 1. The van der Waals surface area contributed by atoms with Gasteiger partial charge in [0.25, 0.3) is 0 Å². The van der Waals surface area contributed by atoms with E-state index >= 15 is 0 Å². The van der Waals surface area contributed by atoms with Crippen molar-refractivity contribution in [1.29, 1.82) is 0 Å². The Bertz CT molecular complexity index is 337. The Hall–Kier alpha value is -1.10. The molecule has 0 amide bonds. The molecular formula is C14H25N3O. The van der Waals surface area contributed by atoms with Crippen LogP contribution in [-0.4, -0.2) is 27.8 Å². The Morgan fingerprint density at radius 1 is 1.28 bits per heavy atom. The second kappa shape index (κ2) is 7.36. The van der Waals surface area contributed by atoms with Gasteiger partial charge in [0, 0.05) is 39.5 Å². The molecular weight excluding hydrogens is 226 g/mol. The Morgan fingerprint density at radius 3 is 2.33 bits per heavy atom. The summed E-state index contributed by atoms with van der Waals surface area (Å²) in [6.45, 7) is 2.94. The first-order valence-corrected chi connectivity index (χ1v) is 6.32. The first-order valence-electron chi connectivity index (χ1n) is 6.32. The van der Waals surface area contributed by atoms with Crippen molar-refractivity contribution in [2.24, 2.45) is 11.8 Å². The van der Waals surface area contributed by atoms with Crippen LogP contribution in [0.25, 0.3) is 0 Å². The van der Waals surface area contributed by atoms with Gasteiger partial charge in [-0.2, -0.15) is 0 Å². The number of nitrogens with two attached hydrogens (primary N) is 1. The molecule has 4 heteroatoms. The molecule has 0 saturated carbocycles. The first-order chi connectivity index (χ1) is 8.60. The van der Waals surface area contributed by atoms with Crippen LogP contribution in [0.1, 0.15) is 24.9 Å². The lowest BCUT2D eigenvalue weighted by molar-refractivity contribution is 0.170. The van der Waals surface area contributed by atoms with E-state index in [1.54, 1.807) is 7.11 Å². The van der Waals surface area contributed by atoms with Crippen LogP contribution in [0.5, 0.6) is 0 Å². The number of hydrogen-bond donors (Lipinski definition) is 2. The van der Waals surface area contributed by atoms with Gasteiger partial charge in [0.2, 0.25) is 0 Å². The molecule has 0 heterocycles. The van der Waals surface area contributed by atoms with Gasteiger partial charge in [0.15, 0.2) is 0 Å². The number of rotatable bonds is 7. The van der Waals surface area contributed by atoms with Crippen molar-refractivity contribution < 1.29 is 4.74 Å². The third-order valence-electron chi connectivity index (χ3n) is 3.29. The SMILES string of the molecule is COCCC(C)C(NN)c1ccc(N(C)C)cc1. The van der Waals surface area contributed by atoms with Gasteiger partial charge in [-0.3, -0.25) is 11.3 Å². The quantitative estimate of drug-likeness (QED) is 0.574. The maximum absolute atomic E-state index is 5.67. The van der Waals surface area contributed by atoms with Crippen molar-refractivity contribution in [1.82, 2.24) is 5.43 Å². The standard InChI is InChI=1S/C14H25N3O/c1-11(9-10-18-4)14(16-15)12-5-7-13(8-6-12)17(2)3/h5-8,11,14,16H,9-10,15H2,1-4H3. The van der Waals surface area contributed by atoms with E-state index in [2.05, 4.69) is 41.5 Å². The average Bonchev–Trinajstić information content (AvgIpc) is 2.37. The molecule has 1 rings (SSSR count). The van der Waals surface area contributed by atoms with E-state index in [1.165, 1.54) is 11.3 Å². The van der Waals surface area contributed by atoms with E-state index in [0.29, 0.717) is 5.92 Å². The molecule has 18 heavy (non-hydrogen) atoms. The fourth-order valence-electron chi connectivity index (χ4n) is 2.04. The molecule has 0 aliphatic heterocycles. The average molecular weight is 251 g/mol. The lowest BCUT2D eigenvalue weighted by atomic mass is 9.92. The molecule has 0 fully saturated rings.